The van der Waals surface area contributed by atoms with Gasteiger partial charge in [-0.3, -0.25) is 4.79 Å². The average Bonchev–Trinajstić information content (AvgIpc) is 3.06. The van der Waals surface area contributed by atoms with Gasteiger partial charge < -0.3 is 10.1 Å². The summed E-state index contributed by atoms with van der Waals surface area (Å²) in [6, 6.07) is 16.9. The molecule has 0 bridgehead atoms. The van der Waals surface area contributed by atoms with Crippen LogP contribution in [0.3, 0.4) is 0 Å². The molecule has 3 nitrogen and oxygen atoms in total. The summed E-state index contributed by atoms with van der Waals surface area (Å²) in [4.78, 5) is 13.0. The lowest BCUT2D eigenvalue weighted by atomic mass is 10.2. The molecule has 0 spiro atoms. The Morgan fingerprint density at radius 2 is 1.96 bits per heavy atom. The first-order valence-corrected chi connectivity index (χ1v) is 8.70. The Bertz CT molecular complexity index is 846. The van der Waals surface area contributed by atoms with Gasteiger partial charge in [0.25, 0.3) is 5.91 Å². The van der Waals surface area contributed by atoms with Crippen molar-refractivity contribution in [2.24, 2.45) is 0 Å². The van der Waals surface area contributed by atoms with E-state index in [-0.39, 0.29) is 5.91 Å². The van der Waals surface area contributed by atoms with Crippen LogP contribution in [0.5, 0.6) is 5.75 Å². The second-order valence-electron chi connectivity index (χ2n) is 5.34. The van der Waals surface area contributed by atoms with Crippen LogP contribution in [0.25, 0.3) is 0 Å². The molecule has 1 heterocycles. The smallest absolute Gasteiger partial charge is 0.265 e. The van der Waals surface area contributed by atoms with E-state index in [2.05, 4.69) is 5.32 Å². The SMILES string of the molecule is Cc1ccc(NC(=O)c2cc(COc3ccccc3)cs2)cc1Cl. The highest BCUT2D eigenvalue weighted by molar-refractivity contribution is 7.12. The molecule has 122 valence electrons. The predicted molar refractivity (Wildman–Crippen MR) is 99.2 cm³/mol. The number of amides is 1. The Hall–Kier alpha value is -2.30. The first kappa shape index (κ1) is 16.6. The molecule has 2 aromatic carbocycles. The van der Waals surface area contributed by atoms with Crippen LogP contribution >= 0.6 is 22.9 Å². The van der Waals surface area contributed by atoms with Gasteiger partial charge >= 0.3 is 0 Å². The highest BCUT2D eigenvalue weighted by Gasteiger charge is 2.10. The molecule has 3 rings (SSSR count). The zero-order valence-corrected chi connectivity index (χ0v) is 14.7. The van der Waals surface area contributed by atoms with Gasteiger partial charge in [0.15, 0.2) is 0 Å². The molecular weight excluding hydrogens is 342 g/mol. The number of nitrogens with one attached hydrogen (secondary N) is 1. The summed E-state index contributed by atoms with van der Waals surface area (Å²) in [5.74, 6) is 0.662. The van der Waals surface area contributed by atoms with Crippen molar-refractivity contribution in [3.8, 4) is 5.75 Å². The number of para-hydroxylation sites is 1. The number of ether oxygens (including phenoxy) is 1. The molecule has 0 radical (unpaired) electrons. The second kappa shape index (κ2) is 7.51. The fraction of sp³-hybridized carbons (Fsp3) is 0.105. The summed E-state index contributed by atoms with van der Waals surface area (Å²) >= 11 is 7.48. The van der Waals surface area contributed by atoms with Gasteiger partial charge in [-0.25, -0.2) is 0 Å². The number of thiophene rings is 1. The van der Waals surface area contributed by atoms with Crippen LogP contribution in [0.1, 0.15) is 20.8 Å². The molecule has 5 heteroatoms. The number of aryl methyl sites for hydroxylation is 1. The molecule has 0 unspecified atom stereocenters. The van der Waals surface area contributed by atoms with Crippen molar-refractivity contribution < 1.29 is 9.53 Å². The van der Waals surface area contributed by atoms with Crippen molar-refractivity contribution in [3.05, 3.63) is 81.0 Å². The zero-order chi connectivity index (χ0) is 16.9. The third-order valence-corrected chi connectivity index (χ3v) is 4.84. The zero-order valence-electron chi connectivity index (χ0n) is 13.1. The summed E-state index contributed by atoms with van der Waals surface area (Å²) in [5.41, 5.74) is 2.63. The summed E-state index contributed by atoms with van der Waals surface area (Å²) in [7, 11) is 0. The summed E-state index contributed by atoms with van der Waals surface area (Å²) in [6.45, 7) is 2.36. The number of anilines is 1. The average molecular weight is 358 g/mol. The van der Waals surface area contributed by atoms with E-state index < -0.39 is 0 Å². The van der Waals surface area contributed by atoms with Gasteiger partial charge in [0.2, 0.25) is 0 Å². The van der Waals surface area contributed by atoms with E-state index in [1.165, 1.54) is 11.3 Å². The fourth-order valence-corrected chi connectivity index (χ4v) is 3.09. The molecule has 0 aliphatic heterocycles. The number of rotatable bonds is 5. The highest BCUT2D eigenvalue weighted by Crippen LogP contribution is 2.22. The lowest BCUT2D eigenvalue weighted by molar-refractivity contribution is 0.103. The molecule has 1 N–H and O–H groups in total. The van der Waals surface area contributed by atoms with E-state index in [9.17, 15) is 4.79 Å². The van der Waals surface area contributed by atoms with Crippen molar-refractivity contribution in [2.45, 2.75) is 13.5 Å². The molecule has 1 aromatic heterocycles. The van der Waals surface area contributed by atoms with Crippen LogP contribution in [0.2, 0.25) is 5.02 Å². The molecule has 0 atom stereocenters. The number of hydrogen-bond acceptors (Lipinski definition) is 3. The Balaban J connectivity index is 1.62. The van der Waals surface area contributed by atoms with Crippen molar-refractivity contribution in [1.29, 1.82) is 0 Å². The van der Waals surface area contributed by atoms with Gasteiger partial charge in [0.05, 0.1) is 4.88 Å². The highest BCUT2D eigenvalue weighted by atomic mass is 35.5. The minimum atomic E-state index is -0.147. The first-order chi connectivity index (χ1) is 11.6. The number of hydrogen-bond donors (Lipinski definition) is 1. The molecular formula is C19H16ClNO2S. The molecule has 0 saturated carbocycles. The maximum atomic E-state index is 12.3. The Morgan fingerprint density at radius 1 is 1.17 bits per heavy atom. The van der Waals surface area contributed by atoms with Crippen LogP contribution < -0.4 is 10.1 Å². The van der Waals surface area contributed by atoms with Crippen LogP contribution in [-0.2, 0) is 6.61 Å². The quantitative estimate of drug-likeness (QED) is 0.650. The third-order valence-electron chi connectivity index (χ3n) is 3.46. The molecule has 24 heavy (non-hydrogen) atoms. The lowest BCUT2D eigenvalue weighted by Crippen LogP contribution is -2.10. The minimum Gasteiger partial charge on any atom is -0.489 e. The van der Waals surface area contributed by atoms with E-state index in [4.69, 9.17) is 16.3 Å². The summed E-state index contributed by atoms with van der Waals surface area (Å²) in [5, 5.41) is 5.43. The normalized spacial score (nSPS) is 10.4. The predicted octanol–water partition coefficient (Wildman–Crippen LogP) is 5.54. The van der Waals surface area contributed by atoms with Gasteiger partial charge in [-0.05, 0) is 48.2 Å². The topological polar surface area (TPSA) is 38.3 Å². The lowest BCUT2D eigenvalue weighted by Gasteiger charge is -2.05. The van der Waals surface area contributed by atoms with Gasteiger partial charge in [-0.1, -0.05) is 35.9 Å². The van der Waals surface area contributed by atoms with Crippen molar-refractivity contribution in [3.63, 3.8) is 0 Å². The van der Waals surface area contributed by atoms with E-state index in [1.807, 2.05) is 60.8 Å². The molecule has 0 fully saturated rings. The summed E-state index contributed by atoms with van der Waals surface area (Å²) in [6.07, 6.45) is 0. The van der Waals surface area contributed by atoms with E-state index in [0.717, 1.165) is 16.9 Å². The van der Waals surface area contributed by atoms with Gasteiger partial charge in [-0.15, -0.1) is 11.3 Å². The van der Waals surface area contributed by atoms with Crippen LogP contribution in [-0.4, -0.2) is 5.91 Å². The summed E-state index contributed by atoms with van der Waals surface area (Å²) < 4.78 is 5.69. The second-order valence-corrected chi connectivity index (χ2v) is 6.66. The maximum Gasteiger partial charge on any atom is 0.265 e. The van der Waals surface area contributed by atoms with Gasteiger partial charge in [-0.2, -0.15) is 0 Å². The largest absolute Gasteiger partial charge is 0.489 e. The third kappa shape index (κ3) is 4.16. The van der Waals surface area contributed by atoms with Crippen molar-refractivity contribution in [2.75, 3.05) is 5.32 Å². The fourth-order valence-electron chi connectivity index (χ4n) is 2.12. The molecule has 0 saturated heterocycles. The number of carbonyl (C=O) groups is 1. The minimum absolute atomic E-state index is 0.147. The Kier molecular flexibility index (Phi) is 5.18. The molecule has 0 aliphatic rings. The number of halogens is 1. The first-order valence-electron chi connectivity index (χ1n) is 7.44. The number of benzene rings is 2. The molecule has 0 aliphatic carbocycles. The monoisotopic (exact) mass is 357 g/mol. The van der Waals surface area contributed by atoms with Gasteiger partial charge in [0, 0.05) is 16.3 Å². The van der Waals surface area contributed by atoms with Crippen LogP contribution in [0.15, 0.2) is 60.0 Å². The van der Waals surface area contributed by atoms with Crippen molar-refractivity contribution >= 4 is 34.5 Å². The maximum absolute atomic E-state index is 12.3. The van der Waals surface area contributed by atoms with Crippen LogP contribution in [0.4, 0.5) is 5.69 Å². The van der Waals surface area contributed by atoms with E-state index >= 15 is 0 Å². The molecule has 3 aromatic rings. The van der Waals surface area contributed by atoms with Crippen molar-refractivity contribution in [1.82, 2.24) is 0 Å². The Labute approximate surface area is 149 Å². The van der Waals surface area contributed by atoms with E-state index in [1.54, 1.807) is 6.07 Å². The molecule has 1 amide bonds. The van der Waals surface area contributed by atoms with E-state index in [0.29, 0.717) is 22.2 Å². The van der Waals surface area contributed by atoms with Crippen LogP contribution in [0, 0.1) is 6.92 Å². The number of carbonyl (C=O) groups excluding carboxylic acids is 1. The Morgan fingerprint density at radius 3 is 2.71 bits per heavy atom. The van der Waals surface area contributed by atoms with Gasteiger partial charge in [0.1, 0.15) is 12.4 Å². The standard InChI is InChI=1S/C19H16ClNO2S/c1-13-7-8-15(10-17(13)20)21-19(22)18-9-14(12-24-18)11-23-16-5-3-2-4-6-16/h2-10,12H,11H2,1H3,(H,21,22).